The van der Waals surface area contributed by atoms with E-state index in [1.54, 1.807) is 11.8 Å². The van der Waals surface area contributed by atoms with Gasteiger partial charge in [-0.1, -0.05) is 13.0 Å². The van der Waals surface area contributed by atoms with E-state index in [-0.39, 0.29) is 0 Å². The van der Waals surface area contributed by atoms with Crippen LogP contribution in [0, 0.1) is 17.2 Å². The highest BCUT2D eigenvalue weighted by molar-refractivity contribution is 7.99. The van der Waals surface area contributed by atoms with Crippen LogP contribution < -0.4 is 10.2 Å². The molecular weight excluding hydrogens is 266 g/mol. The summed E-state index contributed by atoms with van der Waals surface area (Å²) in [5.74, 6) is 1.75. The van der Waals surface area contributed by atoms with Crippen molar-refractivity contribution in [1.29, 1.82) is 5.26 Å². The number of fused-ring (bicyclic) bond motifs is 1. The Morgan fingerprint density at radius 1 is 1.45 bits per heavy atom. The van der Waals surface area contributed by atoms with Crippen LogP contribution in [0.25, 0.3) is 0 Å². The highest BCUT2D eigenvalue weighted by atomic mass is 32.2. The molecule has 2 atom stereocenters. The summed E-state index contributed by atoms with van der Waals surface area (Å²) in [6, 6.07) is 9.29. The summed E-state index contributed by atoms with van der Waals surface area (Å²) in [6.45, 7) is 5.41. The third-order valence-corrected chi connectivity index (χ3v) is 5.30. The van der Waals surface area contributed by atoms with E-state index in [0.29, 0.717) is 6.04 Å². The number of anilines is 1. The molecule has 0 aromatic heterocycles. The van der Waals surface area contributed by atoms with E-state index in [9.17, 15) is 5.26 Å². The molecule has 4 heteroatoms. The number of hydrogen-bond donors (Lipinski definition) is 1. The zero-order chi connectivity index (χ0) is 13.9. The van der Waals surface area contributed by atoms with Gasteiger partial charge in [0.25, 0.3) is 0 Å². The predicted molar refractivity (Wildman–Crippen MR) is 84.3 cm³/mol. The lowest BCUT2D eigenvalue weighted by atomic mass is 9.94. The summed E-state index contributed by atoms with van der Waals surface area (Å²) in [5.41, 5.74) is 1.99. The minimum Gasteiger partial charge on any atom is -0.369 e. The maximum atomic E-state index is 9.54. The molecule has 0 bridgehead atoms. The van der Waals surface area contributed by atoms with Crippen molar-refractivity contribution in [2.75, 3.05) is 30.3 Å². The first-order valence-electron chi connectivity index (χ1n) is 7.47. The number of nitrogens with one attached hydrogen (secondary N) is 1. The highest BCUT2D eigenvalue weighted by Gasteiger charge is 2.35. The lowest BCUT2D eigenvalue weighted by Crippen LogP contribution is -2.40. The summed E-state index contributed by atoms with van der Waals surface area (Å²) in [4.78, 5) is 3.53. The van der Waals surface area contributed by atoms with Gasteiger partial charge in [-0.3, -0.25) is 0 Å². The van der Waals surface area contributed by atoms with Gasteiger partial charge in [0.2, 0.25) is 0 Å². The lowest BCUT2D eigenvalue weighted by molar-refractivity contribution is 0.340. The molecule has 0 unspecified atom stereocenters. The zero-order valence-corrected chi connectivity index (χ0v) is 12.7. The van der Waals surface area contributed by atoms with E-state index < -0.39 is 0 Å². The molecule has 2 aliphatic heterocycles. The fourth-order valence-electron chi connectivity index (χ4n) is 3.41. The van der Waals surface area contributed by atoms with E-state index in [2.05, 4.69) is 41.4 Å². The van der Waals surface area contributed by atoms with Crippen molar-refractivity contribution in [3.63, 3.8) is 0 Å². The Morgan fingerprint density at radius 2 is 2.35 bits per heavy atom. The van der Waals surface area contributed by atoms with Crippen LogP contribution in [0.1, 0.15) is 25.3 Å². The molecule has 0 aliphatic carbocycles. The van der Waals surface area contributed by atoms with Gasteiger partial charge < -0.3 is 10.2 Å². The summed E-state index contributed by atoms with van der Waals surface area (Å²) in [5, 5.41) is 13.2. The van der Waals surface area contributed by atoms with Gasteiger partial charge in [0, 0.05) is 24.0 Å². The first-order valence-corrected chi connectivity index (χ1v) is 8.46. The standard InChI is InChI=1S/C16H21N3S/c1-2-20-16-7-3-6-15(13(16)9-17)19-10-12-5-4-8-18-14(12)11-19/h3,6-7,12,14,18H,2,4-5,8,10-11H2,1H3/t12-,14+/m0/s1. The molecule has 1 aromatic carbocycles. The Balaban J connectivity index is 1.87. The van der Waals surface area contributed by atoms with Crippen LogP contribution in [0.5, 0.6) is 0 Å². The molecule has 1 aromatic rings. The minimum absolute atomic E-state index is 0.609. The van der Waals surface area contributed by atoms with E-state index in [1.165, 1.54) is 12.8 Å². The van der Waals surface area contributed by atoms with Crippen molar-refractivity contribution in [3.8, 4) is 6.07 Å². The number of rotatable bonds is 3. The van der Waals surface area contributed by atoms with Crippen LogP contribution in [-0.4, -0.2) is 31.4 Å². The molecule has 106 valence electrons. The average molecular weight is 287 g/mol. The molecule has 0 spiro atoms. The van der Waals surface area contributed by atoms with E-state index in [4.69, 9.17) is 0 Å². The molecule has 2 fully saturated rings. The number of nitriles is 1. The van der Waals surface area contributed by atoms with Crippen molar-refractivity contribution in [2.24, 2.45) is 5.92 Å². The number of benzene rings is 1. The summed E-state index contributed by atoms with van der Waals surface area (Å²) < 4.78 is 0. The number of piperidine rings is 1. The van der Waals surface area contributed by atoms with Crippen molar-refractivity contribution >= 4 is 17.4 Å². The van der Waals surface area contributed by atoms with Gasteiger partial charge in [-0.05, 0) is 43.2 Å². The summed E-state index contributed by atoms with van der Waals surface area (Å²) >= 11 is 1.76. The van der Waals surface area contributed by atoms with Crippen molar-refractivity contribution < 1.29 is 0 Å². The molecule has 0 saturated carbocycles. The van der Waals surface area contributed by atoms with Gasteiger partial charge in [-0.15, -0.1) is 11.8 Å². The fraction of sp³-hybridized carbons (Fsp3) is 0.562. The normalized spacial score (nSPS) is 25.3. The average Bonchev–Trinajstić information content (AvgIpc) is 2.91. The Bertz CT molecular complexity index is 509. The summed E-state index contributed by atoms with van der Waals surface area (Å²) in [7, 11) is 0. The van der Waals surface area contributed by atoms with Gasteiger partial charge in [0.1, 0.15) is 6.07 Å². The largest absolute Gasteiger partial charge is 0.369 e. The Hall–Kier alpha value is -1.18. The van der Waals surface area contributed by atoms with Crippen LogP contribution >= 0.6 is 11.8 Å². The quantitative estimate of drug-likeness (QED) is 0.868. The molecule has 0 amide bonds. The Labute approximate surface area is 125 Å². The third kappa shape index (κ3) is 2.53. The Kier molecular flexibility index (Phi) is 4.18. The van der Waals surface area contributed by atoms with E-state index in [1.807, 2.05) is 0 Å². The molecule has 20 heavy (non-hydrogen) atoms. The first kappa shape index (κ1) is 13.8. The second kappa shape index (κ2) is 6.07. The predicted octanol–water partition coefficient (Wildman–Crippen LogP) is 2.86. The molecule has 3 rings (SSSR count). The molecule has 1 N–H and O–H groups in total. The number of thioether (sulfide) groups is 1. The molecule has 2 aliphatic rings. The monoisotopic (exact) mass is 287 g/mol. The van der Waals surface area contributed by atoms with Gasteiger partial charge >= 0.3 is 0 Å². The van der Waals surface area contributed by atoms with Crippen LogP contribution in [0.3, 0.4) is 0 Å². The SMILES string of the molecule is CCSc1cccc(N2C[C@@H]3CCCN[C@@H]3C2)c1C#N. The van der Waals surface area contributed by atoms with Crippen LogP contribution in [0.15, 0.2) is 23.1 Å². The van der Waals surface area contributed by atoms with Gasteiger partial charge in [-0.2, -0.15) is 5.26 Å². The fourth-order valence-corrected chi connectivity index (χ4v) is 4.20. The van der Waals surface area contributed by atoms with Crippen molar-refractivity contribution in [3.05, 3.63) is 23.8 Å². The maximum Gasteiger partial charge on any atom is 0.103 e. The topological polar surface area (TPSA) is 39.1 Å². The smallest absolute Gasteiger partial charge is 0.103 e. The number of nitrogens with zero attached hydrogens (tertiary/aromatic N) is 2. The number of hydrogen-bond acceptors (Lipinski definition) is 4. The lowest BCUT2D eigenvalue weighted by Gasteiger charge is -2.24. The molecular formula is C16H21N3S. The zero-order valence-electron chi connectivity index (χ0n) is 11.9. The van der Waals surface area contributed by atoms with Gasteiger partial charge in [0.15, 0.2) is 0 Å². The first-order chi connectivity index (χ1) is 9.83. The minimum atomic E-state index is 0.609. The Morgan fingerprint density at radius 3 is 3.10 bits per heavy atom. The third-order valence-electron chi connectivity index (χ3n) is 4.36. The second-order valence-corrected chi connectivity index (χ2v) is 6.87. The van der Waals surface area contributed by atoms with E-state index in [0.717, 1.165) is 47.5 Å². The van der Waals surface area contributed by atoms with Gasteiger partial charge in [0.05, 0.1) is 11.3 Å². The van der Waals surface area contributed by atoms with E-state index >= 15 is 0 Å². The molecule has 2 heterocycles. The van der Waals surface area contributed by atoms with Crippen LogP contribution in [0.4, 0.5) is 5.69 Å². The highest BCUT2D eigenvalue weighted by Crippen LogP contribution is 2.34. The summed E-state index contributed by atoms with van der Waals surface area (Å²) in [6.07, 6.45) is 2.60. The molecule has 0 radical (unpaired) electrons. The second-order valence-electron chi connectivity index (χ2n) is 5.56. The van der Waals surface area contributed by atoms with Crippen LogP contribution in [0.2, 0.25) is 0 Å². The molecule has 2 saturated heterocycles. The molecule has 3 nitrogen and oxygen atoms in total. The maximum absolute atomic E-state index is 9.54. The van der Waals surface area contributed by atoms with Crippen molar-refractivity contribution in [2.45, 2.75) is 30.7 Å². The van der Waals surface area contributed by atoms with Gasteiger partial charge in [-0.25, -0.2) is 0 Å². The van der Waals surface area contributed by atoms with Crippen LogP contribution in [-0.2, 0) is 0 Å². The van der Waals surface area contributed by atoms with Crippen molar-refractivity contribution in [1.82, 2.24) is 5.32 Å².